The SMILES string of the molecule is CCOC(=O)C1CNc2cc(OC)ccc2C1.Cl. The van der Waals surface area contributed by atoms with Crippen molar-refractivity contribution in [3.8, 4) is 5.75 Å². The quantitative estimate of drug-likeness (QED) is 0.857. The second-order valence-corrected chi connectivity index (χ2v) is 4.06. The Morgan fingerprint density at radius 2 is 2.28 bits per heavy atom. The van der Waals surface area contributed by atoms with Crippen molar-refractivity contribution in [2.24, 2.45) is 5.92 Å². The number of hydrogen-bond acceptors (Lipinski definition) is 4. The number of benzene rings is 1. The fourth-order valence-corrected chi connectivity index (χ4v) is 2.02. The van der Waals surface area contributed by atoms with Crippen LogP contribution in [0.3, 0.4) is 0 Å². The van der Waals surface area contributed by atoms with Crippen molar-refractivity contribution in [2.75, 3.05) is 25.6 Å². The lowest BCUT2D eigenvalue weighted by molar-refractivity contribution is -0.147. The van der Waals surface area contributed by atoms with Gasteiger partial charge in [0.2, 0.25) is 0 Å². The lowest BCUT2D eigenvalue weighted by Gasteiger charge is -2.25. The molecule has 0 radical (unpaired) electrons. The minimum Gasteiger partial charge on any atom is -0.497 e. The summed E-state index contributed by atoms with van der Waals surface area (Å²) in [6.07, 6.45) is 0.727. The van der Waals surface area contributed by atoms with E-state index in [9.17, 15) is 4.79 Å². The molecule has 18 heavy (non-hydrogen) atoms. The molecule has 2 rings (SSSR count). The Kier molecular flexibility index (Phi) is 5.28. The predicted octanol–water partition coefficient (Wildman–Crippen LogP) is 2.26. The molecule has 1 aliphatic heterocycles. The van der Waals surface area contributed by atoms with Gasteiger partial charge in [0.1, 0.15) is 5.75 Å². The lowest BCUT2D eigenvalue weighted by Crippen LogP contribution is -2.31. The molecule has 1 aliphatic rings. The van der Waals surface area contributed by atoms with E-state index in [0.717, 1.165) is 23.4 Å². The molecule has 0 aromatic heterocycles. The minimum absolute atomic E-state index is 0. The average molecular weight is 272 g/mol. The first-order valence-electron chi connectivity index (χ1n) is 5.82. The standard InChI is InChI=1S/C13H17NO3.ClH/c1-3-17-13(15)10-6-9-4-5-11(16-2)7-12(9)14-8-10;/h4-5,7,10,14H,3,6,8H2,1-2H3;1H. The first-order valence-corrected chi connectivity index (χ1v) is 5.82. The zero-order valence-electron chi connectivity index (χ0n) is 10.6. The molecule has 4 nitrogen and oxygen atoms in total. The molecule has 1 unspecified atom stereocenters. The van der Waals surface area contributed by atoms with Crippen molar-refractivity contribution < 1.29 is 14.3 Å². The van der Waals surface area contributed by atoms with E-state index in [2.05, 4.69) is 5.32 Å². The predicted molar refractivity (Wildman–Crippen MR) is 72.6 cm³/mol. The molecule has 1 N–H and O–H groups in total. The lowest BCUT2D eigenvalue weighted by atomic mass is 9.94. The number of carbonyl (C=O) groups is 1. The van der Waals surface area contributed by atoms with Crippen molar-refractivity contribution in [1.29, 1.82) is 0 Å². The Hall–Kier alpha value is -1.42. The van der Waals surface area contributed by atoms with E-state index in [0.29, 0.717) is 13.2 Å². The number of nitrogens with one attached hydrogen (secondary N) is 1. The van der Waals surface area contributed by atoms with Crippen LogP contribution in [0.5, 0.6) is 5.75 Å². The summed E-state index contributed by atoms with van der Waals surface area (Å²) >= 11 is 0. The number of methoxy groups -OCH3 is 1. The number of hydrogen-bond donors (Lipinski definition) is 1. The van der Waals surface area contributed by atoms with Crippen LogP contribution in [0.2, 0.25) is 0 Å². The van der Waals surface area contributed by atoms with Gasteiger partial charge in [-0.05, 0) is 25.0 Å². The highest BCUT2D eigenvalue weighted by Gasteiger charge is 2.25. The van der Waals surface area contributed by atoms with Crippen LogP contribution in [-0.2, 0) is 16.0 Å². The normalized spacial score (nSPS) is 16.9. The van der Waals surface area contributed by atoms with E-state index in [4.69, 9.17) is 9.47 Å². The minimum atomic E-state index is -0.124. The summed E-state index contributed by atoms with van der Waals surface area (Å²) in [5, 5.41) is 3.25. The third kappa shape index (κ3) is 3.07. The topological polar surface area (TPSA) is 47.6 Å². The van der Waals surface area contributed by atoms with Crippen molar-refractivity contribution in [3.05, 3.63) is 23.8 Å². The van der Waals surface area contributed by atoms with Gasteiger partial charge in [0, 0.05) is 18.3 Å². The first kappa shape index (κ1) is 14.6. The Morgan fingerprint density at radius 3 is 2.94 bits per heavy atom. The molecular weight excluding hydrogens is 254 g/mol. The molecule has 5 heteroatoms. The third-order valence-electron chi connectivity index (χ3n) is 2.94. The molecule has 0 saturated carbocycles. The fraction of sp³-hybridized carbons (Fsp3) is 0.462. The molecule has 0 spiro atoms. The monoisotopic (exact) mass is 271 g/mol. The molecule has 0 fully saturated rings. The van der Waals surface area contributed by atoms with Crippen LogP contribution in [0, 0.1) is 5.92 Å². The maximum Gasteiger partial charge on any atom is 0.311 e. The van der Waals surface area contributed by atoms with Gasteiger partial charge in [-0.3, -0.25) is 4.79 Å². The van der Waals surface area contributed by atoms with Gasteiger partial charge in [-0.15, -0.1) is 12.4 Å². The van der Waals surface area contributed by atoms with Crippen molar-refractivity contribution in [1.82, 2.24) is 0 Å². The molecule has 1 aromatic carbocycles. The van der Waals surface area contributed by atoms with Gasteiger partial charge in [0.15, 0.2) is 0 Å². The molecule has 0 amide bonds. The Labute approximate surface area is 113 Å². The summed E-state index contributed by atoms with van der Waals surface area (Å²) in [4.78, 5) is 11.6. The second kappa shape index (κ2) is 6.50. The Balaban J connectivity index is 0.00000162. The summed E-state index contributed by atoms with van der Waals surface area (Å²) in [6.45, 7) is 2.89. The molecule has 100 valence electrons. The molecule has 1 atom stereocenters. The maximum absolute atomic E-state index is 11.6. The van der Waals surface area contributed by atoms with Crippen LogP contribution >= 0.6 is 12.4 Å². The second-order valence-electron chi connectivity index (χ2n) is 4.06. The number of carbonyl (C=O) groups excluding carboxylic acids is 1. The summed E-state index contributed by atoms with van der Waals surface area (Å²) < 4.78 is 10.2. The Bertz CT molecular complexity index is 423. The van der Waals surface area contributed by atoms with Gasteiger partial charge in [-0.2, -0.15) is 0 Å². The van der Waals surface area contributed by atoms with Gasteiger partial charge in [-0.1, -0.05) is 6.07 Å². The molecule has 0 aliphatic carbocycles. The molecule has 0 saturated heterocycles. The number of ether oxygens (including phenoxy) is 2. The van der Waals surface area contributed by atoms with Gasteiger partial charge >= 0.3 is 5.97 Å². The highest BCUT2D eigenvalue weighted by atomic mass is 35.5. The van der Waals surface area contributed by atoms with E-state index in [1.807, 2.05) is 25.1 Å². The van der Waals surface area contributed by atoms with E-state index in [-0.39, 0.29) is 24.3 Å². The van der Waals surface area contributed by atoms with Crippen molar-refractivity contribution in [3.63, 3.8) is 0 Å². The van der Waals surface area contributed by atoms with E-state index >= 15 is 0 Å². The first-order chi connectivity index (χ1) is 8.24. The number of esters is 1. The molecule has 1 heterocycles. The number of anilines is 1. The van der Waals surface area contributed by atoms with Gasteiger partial charge in [0.25, 0.3) is 0 Å². The summed E-state index contributed by atoms with van der Waals surface area (Å²) in [7, 11) is 1.64. The highest BCUT2D eigenvalue weighted by molar-refractivity contribution is 5.85. The fourth-order valence-electron chi connectivity index (χ4n) is 2.02. The largest absolute Gasteiger partial charge is 0.497 e. The smallest absolute Gasteiger partial charge is 0.311 e. The van der Waals surface area contributed by atoms with Crippen LogP contribution < -0.4 is 10.1 Å². The van der Waals surface area contributed by atoms with Crippen LogP contribution in [0.25, 0.3) is 0 Å². The van der Waals surface area contributed by atoms with E-state index in [1.165, 1.54) is 0 Å². The van der Waals surface area contributed by atoms with Crippen LogP contribution in [0.1, 0.15) is 12.5 Å². The summed E-state index contributed by atoms with van der Waals surface area (Å²) in [5.74, 6) is 0.614. The zero-order chi connectivity index (χ0) is 12.3. The summed E-state index contributed by atoms with van der Waals surface area (Å²) in [6, 6.07) is 5.86. The highest BCUT2D eigenvalue weighted by Crippen LogP contribution is 2.29. The van der Waals surface area contributed by atoms with Crippen LogP contribution in [-0.4, -0.2) is 26.2 Å². The van der Waals surface area contributed by atoms with Gasteiger partial charge in [-0.25, -0.2) is 0 Å². The zero-order valence-corrected chi connectivity index (χ0v) is 11.4. The molecular formula is C13H18ClNO3. The van der Waals surface area contributed by atoms with Gasteiger partial charge in [0.05, 0.1) is 19.6 Å². The third-order valence-corrected chi connectivity index (χ3v) is 2.94. The van der Waals surface area contributed by atoms with Gasteiger partial charge < -0.3 is 14.8 Å². The van der Waals surface area contributed by atoms with Crippen molar-refractivity contribution in [2.45, 2.75) is 13.3 Å². The molecule has 0 bridgehead atoms. The number of fused-ring (bicyclic) bond motifs is 1. The number of halogens is 1. The Morgan fingerprint density at radius 1 is 1.50 bits per heavy atom. The summed E-state index contributed by atoms with van der Waals surface area (Å²) in [5.41, 5.74) is 2.18. The average Bonchev–Trinajstić information content (AvgIpc) is 2.37. The van der Waals surface area contributed by atoms with Crippen LogP contribution in [0.4, 0.5) is 5.69 Å². The van der Waals surface area contributed by atoms with E-state index in [1.54, 1.807) is 7.11 Å². The maximum atomic E-state index is 11.6. The van der Waals surface area contributed by atoms with Crippen molar-refractivity contribution >= 4 is 24.1 Å². The van der Waals surface area contributed by atoms with E-state index < -0.39 is 0 Å². The molecule has 1 aromatic rings. The number of rotatable bonds is 3. The van der Waals surface area contributed by atoms with Crippen LogP contribution in [0.15, 0.2) is 18.2 Å².